The van der Waals surface area contributed by atoms with E-state index in [1.54, 1.807) is 48.1 Å². The number of rotatable bonds is 8. The van der Waals surface area contributed by atoms with E-state index in [0.717, 1.165) is 24.3 Å². The lowest BCUT2D eigenvalue weighted by molar-refractivity contribution is -0.123. The second-order valence-electron chi connectivity index (χ2n) is 8.28. The van der Waals surface area contributed by atoms with E-state index >= 15 is 0 Å². The molecule has 1 aliphatic rings. The van der Waals surface area contributed by atoms with Crippen LogP contribution >= 0.6 is 0 Å². The summed E-state index contributed by atoms with van der Waals surface area (Å²) < 4.78 is 12.7. The third kappa shape index (κ3) is 4.59. The second kappa shape index (κ2) is 8.98. The predicted molar refractivity (Wildman–Crippen MR) is 121 cm³/mol. The smallest absolute Gasteiger partial charge is 0.339 e. The van der Waals surface area contributed by atoms with Crippen molar-refractivity contribution in [3.05, 3.63) is 47.8 Å². The Morgan fingerprint density at radius 2 is 1.91 bits per heavy atom. The molecule has 32 heavy (non-hydrogen) atoms. The van der Waals surface area contributed by atoms with Crippen LogP contribution in [0, 0.1) is 0 Å². The van der Waals surface area contributed by atoms with Crippen LogP contribution in [0.2, 0.25) is 0 Å². The molecule has 0 saturated heterocycles. The first-order valence-electron chi connectivity index (χ1n) is 11.0. The van der Waals surface area contributed by atoms with Crippen LogP contribution in [0.4, 0.5) is 5.69 Å². The molecule has 0 aliphatic heterocycles. The maximum absolute atomic E-state index is 13.0. The molecule has 0 bridgehead atoms. The first-order chi connectivity index (χ1) is 15.4. The summed E-state index contributed by atoms with van der Waals surface area (Å²) in [5.74, 6) is 0.118. The first kappa shape index (κ1) is 21.8. The van der Waals surface area contributed by atoms with Crippen LogP contribution in [-0.2, 0) is 9.53 Å². The fourth-order valence-electron chi connectivity index (χ4n) is 3.50. The second-order valence-corrected chi connectivity index (χ2v) is 8.28. The van der Waals surface area contributed by atoms with Crippen molar-refractivity contribution in [2.24, 2.45) is 0 Å². The van der Waals surface area contributed by atoms with E-state index in [1.165, 1.54) is 0 Å². The van der Waals surface area contributed by atoms with E-state index in [1.807, 2.05) is 20.8 Å². The summed E-state index contributed by atoms with van der Waals surface area (Å²) in [6.07, 6.45) is 2.79. The van der Waals surface area contributed by atoms with Gasteiger partial charge in [0.1, 0.15) is 5.75 Å². The Bertz CT molecular complexity index is 1130. The standard InChI is InChI=1S/C24H28N4O4/c1-5-31-18-10-8-17(9-11-18)26-23(29)15(4)32-24(30)19-12-21(16-6-7-16)27-22-20(19)13-25-28(22)14(2)3/h8-16H,5-7H2,1-4H3,(H,26,29). The molecule has 2 aromatic heterocycles. The van der Waals surface area contributed by atoms with Gasteiger partial charge in [0, 0.05) is 23.3 Å². The van der Waals surface area contributed by atoms with Gasteiger partial charge in [-0.25, -0.2) is 14.5 Å². The fourth-order valence-corrected chi connectivity index (χ4v) is 3.50. The predicted octanol–water partition coefficient (Wildman–Crippen LogP) is 4.47. The topological polar surface area (TPSA) is 95.3 Å². The fraction of sp³-hybridized carbons (Fsp3) is 0.417. The van der Waals surface area contributed by atoms with Crippen LogP contribution in [0.3, 0.4) is 0 Å². The number of fused-ring (bicyclic) bond motifs is 1. The van der Waals surface area contributed by atoms with Crippen LogP contribution in [-0.4, -0.2) is 39.4 Å². The molecule has 0 radical (unpaired) electrons. The van der Waals surface area contributed by atoms with E-state index in [2.05, 4.69) is 10.4 Å². The Balaban J connectivity index is 1.51. The summed E-state index contributed by atoms with van der Waals surface area (Å²) in [4.78, 5) is 30.4. The number of hydrogen-bond donors (Lipinski definition) is 1. The number of benzene rings is 1. The lowest BCUT2D eigenvalue weighted by Gasteiger charge is -2.15. The molecule has 2 heterocycles. The van der Waals surface area contributed by atoms with Crippen LogP contribution in [0.5, 0.6) is 5.75 Å². The van der Waals surface area contributed by atoms with Gasteiger partial charge in [-0.3, -0.25) is 4.79 Å². The van der Waals surface area contributed by atoms with E-state index in [4.69, 9.17) is 14.5 Å². The lowest BCUT2D eigenvalue weighted by Crippen LogP contribution is -2.30. The summed E-state index contributed by atoms with van der Waals surface area (Å²) >= 11 is 0. The Morgan fingerprint density at radius 1 is 1.19 bits per heavy atom. The van der Waals surface area contributed by atoms with Gasteiger partial charge < -0.3 is 14.8 Å². The average molecular weight is 437 g/mol. The van der Waals surface area contributed by atoms with Gasteiger partial charge in [0.15, 0.2) is 11.8 Å². The highest BCUT2D eigenvalue weighted by Crippen LogP contribution is 2.40. The Labute approximate surface area is 186 Å². The molecule has 1 N–H and O–H groups in total. The van der Waals surface area contributed by atoms with Crippen molar-refractivity contribution in [3.63, 3.8) is 0 Å². The first-order valence-corrected chi connectivity index (χ1v) is 11.0. The van der Waals surface area contributed by atoms with Crippen LogP contribution < -0.4 is 10.1 Å². The number of nitrogens with zero attached hydrogens (tertiary/aromatic N) is 3. The minimum absolute atomic E-state index is 0.108. The molecule has 1 unspecified atom stereocenters. The molecule has 1 amide bonds. The van der Waals surface area contributed by atoms with Gasteiger partial charge in [0.2, 0.25) is 0 Å². The monoisotopic (exact) mass is 436 g/mol. The summed E-state index contributed by atoms with van der Waals surface area (Å²) in [5, 5.41) is 7.80. The van der Waals surface area contributed by atoms with Crippen molar-refractivity contribution in [2.75, 3.05) is 11.9 Å². The Kier molecular flexibility index (Phi) is 6.12. The molecule has 1 aliphatic carbocycles. The Hall–Kier alpha value is -3.42. The van der Waals surface area contributed by atoms with Crippen molar-refractivity contribution >= 4 is 28.6 Å². The number of hydrogen-bond acceptors (Lipinski definition) is 6. The quantitative estimate of drug-likeness (QED) is 0.524. The lowest BCUT2D eigenvalue weighted by atomic mass is 10.1. The van der Waals surface area contributed by atoms with Crippen LogP contribution in [0.25, 0.3) is 11.0 Å². The minimum atomic E-state index is -0.971. The number of carbonyl (C=O) groups excluding carboxylic acids is 2. The number of aromatic nitrogens is 3. The highest BCUT2D eigenvalue weighted by Gasteiger charge is 2.29. The summed E-state index contributed by atoms with van der Waals surface area (Å²) in [5.41, 5.74) is 2.53. The zero-order chi connectivity index (χ0) is 22.8. The summed E-state index contributed by atoms with van der Waals surface area (Å²) in [6, 6.07) is 8.92. The SMILES string of the molecule is CCOc1ccc(NC(=O)C(C)OC(=O)c2cc(C3CC3)nc3c2cnn3C(C)C)cc1. The van der Waals surface area contributed by atoms with Crippen molar-refractivity contribution in [1.82, 2.24) is 14.8 Å². The molecular formula is C24H28N4O4. The molecule has 0 spiro atoms. The third-order valence-corrected chi connectivity index (χ3v) is 5.38. The number of nitrogens with one attached hydrogen (secondary N) is 1. The van der Waals surface area contributed by atoms with Gasteiger partial charge in [-0.05, 0) is 70.9 Å². The van der Waals surface area contributed by atoms with Gasteiger partial charge in [-0.15, -0.1) is 0 Å². The van der Waals surface area contributed by atoms with Crippen molar-refractivity contribution in [1.29, 1.82) is 0 Å². The molecule has 1 fully saturated rings. The number of esters is 1. The van der Waals surface area contributed by atoms with E-state index in [-0.39, 0.29) is 6.04 Å². The van der Waals surface area contributed by atoms with E-state index in [0.29, 0.717) is 34.8 Å². The molecule has 1 atom stereocenters. The maximum Gasteiger partial charge on any atom is 0.339 e. The van der Waals surface area contributed by atoms with Gasteiger partial charge in [-0.1, -0.05) is 0 Å². The van der Waals surface area contributed by atoms with Crippen LogP contribution in [0.1, 0.15) is 68.5 Å². The number of amides is 1. The van der Waals surface area contributed by atoms with Crippen molar-refractivity contribution in [2.45, 2.75) is 58.6 Å². The van der Waals surface area contributed by atoms with Gasteiger partial charge in [-0.2, -0.15) is 5.10 Å². The summed E-state index contributed by atoms with van der Waals surface area (Å²) in [7, 11) is 0. The largest absolute Gasteiger partial charge is 0.494 e. The highest BCUT2D eigenvalue weighted by atomic mass is 16.5. The molecule has 1 saturated carbocycles. The van der Waals surface area contributed by atoms with Crippen molar-refractivity contribution in [3.8, 4) is 5.75 Å². The zero-order valence-corrected chi connectivity index (χ0v) is 18.8. The molecule has 3 aromatic rings. The van der Waals surface area contributed by atoms with E-state index in [9.17, 15) is 9.59 Å². The zero-order valence-electron chi connectivity index (χ0n) is 18.8. The molecule has 8 heteroatoms. The van der Waals surface area contributed by atoms with Gasteiger partial charge >= 0.3 is 5.97 Å². The molecular weight excluding hydrogens is 408 g/mol. The molecule has 4 rings (SSSR count). The molecule has 8 nitrogen and oxygen atoms in total. The minimum Gasteiger partial charge on any atom is -0.494 e. The van der Waals surface area contributed by atoms with Crippen molar-refractivity contribution < 1.29 is 19.1 Å². The normalized spacial score (nSPS) is 14.4. The summed E-state index contributed by atoms with van der Waals surface area (Å²) in [6.45, 7) is 8.06. The molecule has 1 aromatic carbocycles. The Morgan fingerprint density at radius 3 is 2.53 bits per heavy atom. The number of pyridine rings is 1. The molecule has 168 valence electrons. The van der Waals surface area contributed by atoms with Gasteiger partial charge in [0.25, 0.3) is 5.91 Å². The maximum atomic E-state index is 13.0. The van der Waals surface area contributed by atoms with E-state index < -0.39 is 18.0 Å². The van der Waals surface area contributed by atoms with Crippen LogP contribution in [0.15, 0.2) is 36.5 Å². The van der Waals surface area contributed by atoms with Gasteiger partial charge in [0.05, 0.1) is 23.8 Å². The average Bonchev–Trinajstić information content (AvgIpc) is 3.53. The highest BCUT2D eigenvalue weighted by molar-refractivity contribution is 6.04. The number of carbonyl (C=O) groups is 2. The number of ether oxygens (including phenoxy) is 2. The third-order valence-electron chi connectivity index (χ3n) is 5.38. The number of anilines is 1.